The van der Waals surface area contributed by atoms with Gasteiger partial charge >= 0.3 is 5.97 Å². The van der Waals surface area contributed by atoms with Crippen LogP contribution in [0.15, 0.2) is 27.8 Å². The van der Waals surface area contributed by atoms with E-state index in [0.717, 1.165) is 22.3 Å². The lowest BCUT2D eigenvalue weighted by Gasteiger charge is -2.25. The first-order chi connectivity index (χ1) is 8.58. The number of halogens is 1. The van der Waals surface area contributed by atoms with Crippen LogP contribution in [0.3, 0.4) is 0 Å². The number of thioether (sulfide) groups is 1. The molecule has 1 aromatic heterocycles. The number of hydrogen-bond donors (Lipinski definition) is 1. The Bertz CT molecular complexity index is 453. The number of rotatable bonds is 5. The van der Waals surface area contributed by atoms with Gasteiger partial charge in [0.05, 0.1) is 7.11 Å². The van der Waals surface area contributed by atoms with E-state index in [1.54, 1.807) is 6.20 Å². The van der Waals surface area contributed by atoms with Crippen molar-refractivity contribution in [3.8, 4) is 0 Å². The molecule has 1 heterocycles. The summed E-state index contributed by atoms with van der Waals surface area (Å²) in [5, 5.41) is 0.844. The first-order valence-electron chi connectivity index (χ1n) is 5.68. The Kier molecular flexibility index (Phi) is 4.29. The molecule has 1 fully saturated rings. The summed E-state index contributed by atoms with van der Waals surface area (Å²) < 4.78 is 5.74. The summed E-state index contributed by atoms with van der Waals surface area (Å²) in [5.41, 5.74) is 5.32. The Labute approximate surface area is 119 Å². The van der Waals surface area contributed by atoms with Gasteiger partial charge in [0.2, 0.25) is 0 Å². The molecule has 1 aliphatic carbocycles. The fourth-order valence-electron chi connectivity index (χ4n) is 1.80. The van der Waals surface area contributed by atoms with Crippen LogP contribution >= 0.6 is 27.7 Å². The number of nitrogens with zero attached hydrogens (tertiary/aromatic N) is 1. The van der Waals surface area contributed by atoms with Gasteiger partial charge in [0.25, 0.3) is 0 Å². The van der Waals surface area contributed by atoms with E-state index >= 15 is 0 Å². The minimum Gasteiger partial charge on any atom is -0.468 e. The minimum atomic E-state index is -0.892. The SMILES string of the molecule is COC(=O)C(N)(CSc1ncccc1Br)C1CC1. The lowest BCUT2D eigenvalue weighted by atomic mass is 9.97. The summed E-state index contributed by atoms with van der Waals surface area (Å²) in [6, 6.07) is 3.77. The van der Waals surface area contributed by atoms with Gasteiger partial charge in [-0.15, -0.1) is 11.8 Å². The van der Waals surface area contributed by atoms with Crippen molar-refractivity contribution in [2.45, 2.75) is 23.4 Å². The zero-order valence-corrected chi connectivity index (χ0v) is 12.5. The number of nitrogens with two attached hydrogens (primary N) is 1. The maximum Gasteiger partial charge on any atom is 0.327 e. The molecule has 18 heavy (non-hydrogen) atoms. The molecule has 0 spiro atoms. The van der Waals surface area contributed by atoms with Gasteiger partial charge in [-0.25, -0.2) is 4.98 Å². The monoisotopic (exact) mass is 330 g/mol. The van der Waals surface area contributed by atoms with Crippen molar-refractivity contribution in [1.29, 1.82) is 0 Å². The highest BCUT2D eigenvalue weighted by atomic mass is 79.9. The summed E-state index contributed by atoms with van der Waals surface area (Å²) in [7, 11) is 1.38. The Morgan fingerprint density at radius 3 is 3.00 bits per heavy atom. The predicted octanol–water partition coefficient (Wildman–Crippen LogP) is 2.22. The molecule has 1 unspecified atom stereocenters. The lowest BCUT2D eigenvalue weighted by molar-refractivity contribution is -0.146. The van der Waals surface area contributed by atoms with Crippen molar-refractivity contribution in [1.82, 2.24) is 4.98 Å². The van der Waals surface area contributed by atoms with E-state index in [-0.39, 0.29) is 11.9 Å². The number of pyridine rings is 1. The molecule has 0 aliphatic heterocycles. The molecular formula is C12H15BrN2O2S. The molecule has 1 aliphatic rings. The molecule has 0 aromatic carbocycles. The molecule has 4 nitrogen and oxygen atoms in total. The van der Waals surface area contributed by atoms with Crippen LogP contribution in [0, 0.1) is 5.92 Å². The average molecular weight is 331 g/mol. The smallest absolute Gasteiger partial charge is 0.327 e. The molecule has 6 heteroatoms. The highest BCUT2D eigenvalue weighted by molar-refractivity contribution is 9.10. The Morgan fingerprint density at radius 1 is 1.72 bits per heavy atom. The molecule has 0 amide bonds. The quantitative estimate of drug-likeness (QED) is 0.662. The average Bonchev–Trinajstić information content (AvgIpc) is 3.21. The third-order valence-corrected chi connectivity index (χ3v) is 5.17. The van der Waals surface area contributed by atoms with Crippen LogP contribution in [0.1, 0.15) is 12.8 Å². The van der Waals surface area contributed by atoms with E-state index in [0.29, 0.717) is 5.75 Å². The largest absolute Gasteiger partial charge is 0.468 e. The molecule has 1 atom stereocenters. The third kappa shape index (κ3) is 2.87. The van der Waals surface area contributed by atoms with Crippen molar-refractivity contribution in [2.24, 2.45) is 11.7 Å². The van der Waals surface area contributed by atoms with Crippen molar-refractivity contribution in [3.63, 3.8) is 0 Å². The summed E-state index contributed by atoms with van der Waals surface area (Å²) in [4.78, 5) is 16.1. The molecule has 0 radical (unpaired) electrons. The fourth-order valence-corrected chi connectivity index (χ4v) is 3.47. The molecule has 1 aromatic rings. The van der Waals surface area contributed by atoms with Crippen LogP contribution in [-0.2, 0) is 9.53 Å². The van der Waals surface area contributed by atoms with Crippen LogP contribution in [0.2, 0.25) is 0 Å². The number of methoxy groups -OCH3 is 1. The topological polar surface area (TPSA) is 65.2 Å². The molecule has 1 saturated carbocycles. The number of carbonyl (C=O) groups excluding carboxylic acids is 1. The molecule has 98 valence electrons. The highest BCUT2D eigenvalue weighted by Crippen LogP contribution is 2.42. The van der Waals surface area contributed by atoms with Crippen LogP contribution in [0.25, 0.3) is 0 Å². The minimum absolute atomic E-state index is 0.236. The number of carbonyl (C=O) groups is 1. The first kappa shape index (κ1) is 13.8. The van der Waals surface area contributed by atoms with Gasteiger partial charge in [-0.1, -0.05) is 0 Å². The van der Waals surface area contributed by atoms with Gasteiger partial charge in [-0.05, 0) is 46.8 Å². The maximum absolute atomic E-state index is 11.8. The first-order valence-corrected chi connectivity index (χ1v) is 7.46. The van der Waals surface area contributed by atoms with Crippen molar-refractivity contribution in [3.05, 3.63) is 22.8 Å². The van der Waals surface area contributed by atoms with E-state index in [1.807, 2.05) is 12.1 Å². The second kappa shape index (κ2) is 5.59. The molecule has 0 bridgehead atoms. The Morgan fingerprint density at radius 2 is 2.44 bits per heavy atom. The van der Waals surface area contributed by atoms with Gasteiger partial charge in [0.15, 0.2) is 0 Å². The predicted molar refractivity (Wildman–Crippen MR) is 74.3 cm³/mol. The Balaban J connectivity index is 2.07. The second-order valence-corrected chi connectivity index (χ2v) is 6.20. The lowest BCUT2D eigenvalue weighted by Crippen LogP contribution is -2.53. The Hall–Kier alpha value is -0.590. The van der Waals surface area contributed by atoms with Gasteiger partial charge < -0.3 is 10.5 Å². The van der Waals surface area contributed by atoms with Gasteiger partial charge in [-0.2, -0.15) is 0 Å². The van der Waals surface area contributed by atoms with Crippen molar-refractivity contribution in [2.75, 3.05) is 12.9 Å². The van der Waals surface area contributed by atoms with E-state index < -0.39 is 5.54 Å². The number of ether oxygens (including phenoxy) is 1. The van der Waals surface area contributed by atoms with Crippen LogP contribution in [-0.4, -0.2) is 29.4 Å². The van der Waals surface area contributed by atoms with Crippen LogP contribution < -0.4 is 5.73 Å². The van der Waals surface area contributed by atoms with E-state index in [4.69, 9.17) is 10.5 Å². The van der Waals surface area contributed by atoms with Gasteiger partial charge in [0, 0.05) is 16.4 Å². The summed E-state index contributed by atoms with van der Waals surface area (Å²) in [5.74, 6) is 0.393. The fraction of sp³-hybridized carbons (Fsp3) is 0.500. The van der Waals surface area contributed by atoms with Crippen LogP contribution in [0.5, 0.6) is 0 Å². The molecule has 2 rings (SSSR count). The molecular weight excluding hydrogens is 316 g/mol. The third-order valence-electron chi connectivity index (χ3n) is 3.04. The van der Waals surface area contributed by atoms with Crippen molar-refractivity contribution < 1.29 is 9.53 Å². The highest BCUT2D eigenvalue weighted by Gasteiger charge is 2.49. The summed E-state index contributed by atoms with van der Waals surface area (Å²) in [6.07, 6.45) is 3.71. The molecule has 2 N–H and O–H groups in total. The normalized spacial score (nSPS) is 18.2. The standard InChI is InChI=1S/C12H15BrN2O2S/c1-17-11(16)12(14,8-4-5-8)7-18-10-9(13)3-2-6-15-10/h2-3,6,8H,4-5,7,14H2,1H3. The van der Waals surface area contributed by atoms with Gasteiger partial charge in [-0.3, -0.25) is 4.79 Å². The van der Waals surface area contributed by atoms with E-state index in [9.17, 15) is 4.79 Å². The number of hydrogen-bond acceptors (Lipinski definition) is 5. The molecule has 0 saturated heterocycles. The van der Waals surface area contributed by atoms with E-state index in [2.05, 4.69) is 20.9 Å². The number of aromatic nitrogens is 1. The van der Waals surface area contributed by atoms with Crippen LogP contribution in [0.4, 0.5) is 0 Å². The summed E-state index contributed by atoms with van der Waals surface area (Å²) >= 11 is 4.91. The maximum atomic E-state index is 11.8. The van der Waals surface area contributed by atoms with Crippen molar-refractivity contribution >= 4 is 33.7 Å². The summed E-state index contributed by atoms with van der Waals surface area (Å²) in [6.45, 7) is 0. The number of esters is 1. The second-order valence-electron chi connectivity index (χ2n) is 4.39. The van der Waals surface area contributed by atoms with E-state index in [1.165, 1.54) is 18.9 Å². The zero-order chi connectivity index (χ0) is 13.2. The zero-order valence-electron chi connectivity index (χ0n) is 10.1. The van der Waals surface area contributed by atoms with Gasteiger partial charge in [0.1, 0.15) is 10.6 Å².